The fourth-order valence-corrected chi connectivity index (χ4v) is 6.45. The summed E-state index contributed by atoms with van der Waals surface area (Å²) in [5.41, 5.74) is 0. The summed E-state index contributed by atoms with van der Waals surface area (Å²) >= 11 is 0. The Labute approximate surface area is 222 Å². The van der Waals surface area contributed by atoms with Crippen molar-refractivity contribution in [2.45, 2.75) is 81.3 Å². The van der Waals surface area contributed by atoms with Gasteiger partial charge in [0, 0.05) is 0 Å². The Morgan fingerprint density at radius 1 is 0.438 bits per heavy atom. The van der Waals surface area contributed by atoms with Gasteiger partial charge in [-0.2, -0.15) is 0 Å². The van der Waals surface area contributed by atoms with E-state index in [9.17, 15) is 0 Å². The summed E-state index contributed by atoms with van der Waals surface area (Å²) in [5.74, 6) is 7.51. The minimum absolute atomic E-state index is 0. The summed E-state index contributed by atoms with van der Waals surface area (Å²) in [4.78, 5) is 0. The molecule has 2 aliphatic carbocycles. The van der Waals surface area contributed by atoms with Gasteiger partial charge in [-0.15, -0.1) is 25.2 Å². The molecule has 2 fully saturated rings. The van der Waals surface area contributed by atoms with Crippen LogP contribution in [0.4, 0.5) is 0 Å². The first-order chi connectivity index (χ1) is 13.6. The standard InChI is InChI=1S/C26H51N3.2CH3.Zr/c1-15-17(3)21(7)25(22(8)18(15)4)28-13-11-27-12-14-29-26-23(9)19(5)16(2)20(6)24(26)10;;;/h15-27H,11-14H2,1-10H3;2*1H3;/q-2;2*-1;+4/t15?,16?,17-,18-,19+,20+,21-,22-,23+,24+,25?,26?;;;. The quantitative estimate of drug-likeness (QED) is 0.261. The molecule has 0 spiro atoms. The molecule has 0 radical (unpaired) electrons. The van der Waals surface area contributed by atoms with Crippen molar-refractivity contribution < 1.29 is 26.2 Å². The fourth-order valence-electron chi connectivity index (χ4n) is 6.45. The van der Waals surface area contributed by atoms with Crippen LogP contribution in [0, 0.1) is 74.0 Å². The van der Waals surface area contributed by atoms with Gasteiger partial charge < -0.3 is 30.8 Å². The Morgan fingerprint density at radius 3 is 0.906 bits per heavy atom. The van der Waals surface area contributed by atoms with Gasteiger partial charge in [-0.05, 0) is 48.6 Å². The Bertz CT molecular complexity index is 413. The van der Waals surface area contributed by atoms with Crippen molar-refractivity contribution in [3.05, 3.63) is 25.5 Å². The van der Waals surface area contributed by atoms with Crippen LogP contribution in [0.1, 0.15) is 69.2 Å². The molecule has 2 rings (SSSR count). The minimum atomic E-state index is 0. The Morgan fingerprint density at radius 2 is 0.656 bits per heavy atom. The van der Waals surface area contributed by atoms with Crippen LogP contribution >= 0.6 is 0 Å². The number of hydrogen-bond donors (Lipinski definition) is 1. The molecule has 2 saturated carbocycles. The third-order valence-electron chi connectivity index (χ3n) is 10.0. The van der Waals surface area contributed by atoms with Crippen LogP contribution in [0.15, 0.2) is 0 Å². The topological polar surface area (TPSA) is 40.2 Å². The van der Waals surface area contributed by atoms with Gasteiger partial charge in [-0.3, -0.25) is 0 Å². The summed E-state index contributed by atoms with van der Waals surface area (Å²) in [7, 11) is 0. The molecule has 0 aromatic heterocycles. The zero-order valence-electron chi connectivity index (χ0n) is 23.7. The van der Waals surface area contributed by atoms with Crippen molar-refractivity contribution in [3.8, 4) is 0 Å². The molecule has 0 saturated heterocycles. The molecule has 1 N–H and O–H groups in total. The Balaban J connectivity index is 0. The maximum atomic E-state index is 5.13. The molecule has 8 atom stereocenters. The molecule has 0 heterocycles. The van der Waals surface area contributed by atoms with Crippen LogP contribution in [0.2, 0.25) is 0 Å². The first kappa shape index (κ1) is 34.9. The average Bonchev–Trinajstić information content (AvgIpc) is 2.71. The first-order valence-electron chi connectivity index (χ1n) is 12.6. The third-order valence-corrected chi connectivity index (χ3v) is 10.0. The Kier molecular flexibility index (Phi) is 17.1. The van der Waals surface area contributed by atoms with Crippen molar-refractivity contribution in [1.29, 1.82) is 0 Å². The van der Waals surface area contributed by atoms with Crippen molar-refractivity contribution in [2.75, 3.05) is 26.2 Å². The molecular formula is C28H57N3Zr. The molecule has 0 unspecified atom stereocenters. The van der Waals surface area contributed by atoms with Gasteiger partial charge in [0.1, 0.15) is 0 Å². The summed E-state index contributed by atoms with van der Waals surface area (Å²) in [5, 5.41) is 13.9. The second kappa shape index (κ2) is 15.7. The van der Waals surface area contributed by atoms with Crippen LogP contribution < -0.4 is 5.32 Å². The molecule has 4 heteroatoms. The summed E-state index contributed by atoms with van der Waals surface area (Å²) in [6, 6.07) is 1.05. The van der Waals surface area contributed by atoms with E-state index >= 15 is 0 Å². The van der Waals surface area contributed by atoms with E-state index in [1.807, 2.05) is 0 Å². The molecule has 0 aromatic rings. The van der Waals surface area contributed by atoms with Crippen molar-refractivity contribution >= 4 is 0 Å². The fraction of sp³-hybridized carbons (Fsp3) is 0.929. The smallest absolute Gasteiger partial charge is 0.658 e. The van der Waals surface area contributed by atoms with Gasteiger partial charge in [0.05, 0.1) is 0 Å². The van der Waals surface area contributed by atoms with E-state index < -0.39 is 0 Å². The van der Waals surface area contributed by atoms with Gasteiger partial charge in [0.25, 0.3) is 0 Å². The molecule has 0 bridgehead atoms. The largest absolute Gasteiger partial charge is 4.00 e. The monoisotopic (exact) mass is 525 g/mol. The maximum absolute atomic E-state index is 5.13. The van der Waals surface area contributed by atoms with Gasteiger partial charge in [-0.25, -0.2) is 0 Å². The Hall–Kier alpha value is 0.763. The van der Waals surface area contributed by atoms with Crippen molar-refractivity contribution in [2.24, 2.45) is 59.2 Å². The third kappa shape index (κ3) is 7.89. The molecule has 0 aliphatic heterocycles. The van der Waals surface area contributed by atoms with Crippen molar-refractivity contribution in [3.63, 3.8) is 0 Å². The van der Waals surface area contributed by atoms with Crippen LogP contribution in [-0.2, 0) is 26.2 Å². The van der Waals surface area contributed by atoms with E-state index in [2.05, 4.69) is 74.6 Å². The van der Waals surface area contributed by atoms with Crippen molar-refractivity contribution in [1.82, 2.24) is 5.32 Å². The number of hydrogen-bond acceptors (Lipinski definition) is 1. The maximum Gasteiger partial charge on any atom is 4.00 e. The van der Waals surface area contributed by atoms with Gasteiger partial charge in [0.15, 0.2) is 0 Å². The van der Waals surface area contributed by atoms with Crippen LogP contribution in [0.3, 0.4) is 0 Å². The number of nitrogens with one attached hydrogen (secondary N) is 1. The van der Waals surface area contributed by atoms with E-state index in [-0.39, 0.29) is 41.1 Å². The molecular weight excluding hydrogens is 470 g/mol. The predicted octanol–water partition coefficient (Wildman–Crippen LogP) is 7.35. The van der Waals surface area contributed by atoms with Crippen LogP contribution in [0.5, 0.6) is 0 Å². The van der Waals surface area contributed by atoms with Crippen LogP contribution in [-0.4, -0.2) is 38.3 Å². The SMILES string of the molecule is CC1[C@@H](C)[C@@H](C)C([N-]CCNCC[N-]C2[C@@H](C)[C@@H](C)C(C)[C@H](C)[C@@H]2C)[C@H](C)[C@@H]1C.[CH3-].[CH3-].[Zr+4]. The van der Waals surface area contributed by atoms with E-state index in [1.54, 1.807) is 0 Å². The van der Waals surface area contributed by atoms with E-state index in [0.717, 1.165) is 61.7 Å². The van der Waals surface area contributed by atoms with Gasteiger partial charge in [0.2, 0.25) is 0 Å². The number of nitrogens with zero attached hydrogens (tertiary/aromatic N) is 2. The molecule has 0 aromatic carbocycles. The van der Waals surface area contributed by atoms with E-state index in [4.69, 9.17) is 10.6 Å². The predicted molar refractivity (Wildman–Crippen MR) is 141 cm³/mol. The second-order valence-electron chi connectivity index (χ2n) is 11.1. The molecule has 2 aliphatic rings. The average molecular weight is 527 g/mol. The zero-order valence-corrected chi connectivity index (χ0v) is 26.1. The van der Waals surface area contributed by atoms with Gasteiger partial charge >= 0.3 is 26.2 Å². The van der Waals surface area contributed by atoms with Gasteiger partial charge in [-0.1, -0.05) is 92.9 Å². The summed E-state index contributed by atoms with van der Waals surface area (Å²) in [6.45, 7) is 28.1. The number of rotatable bonds is 8. The summed E-state index contributed by atoms with van der Waals surface area (Å²) < 4.78 is 0. The molecule has 0 amide bonds. The van der Waals surface area contributed by atoms with E-state index in [0.29, 0.717) is 35.8 Å². The second-order valence-corrected chi connectivity index (χ2v) is 11.1. The molecule has 32 heavy (non-hydrogen) atoms. The van der Waals surface area contributed by atoms with E-state index in [1.165, 1.54) is 0 Å². The molecule has 3 nitrogen and oxygen atoms in total. The van der Waals surface area contributed by atoms with Crippen LogP contribution in [0.25, 0.3) is 10.6 Å². The summed E-state index contributed by atoms with van der Waals surface area (Å²) in [6.07, 6.45) is 0. The molecule has 188 valence electrons. The zero-order chi connectivity index (χ0) is 21.9. The first-order valence-corrected chi connectivity index (χ1v) is 12.6. The minimum Gasteiger partial charge on any atom is -0.658 e. The normalized spacial score (nSPS) is 44.1.